The fraction of sp³-hybridized carbons (Fsp3) is 0.0417. The molecule has 1 amide bonds. The molecule has 0 atom stereocenters. The number of nitrogens with zero attached hydrogens (tertiary/aromatic N) is 2. The van der Waals surface area contributed by atoms with E-state index in [-0.39, 0.29) is 17.2 Å². The molecule has 0 spiro atoms. The Balaban J connectivity index is 1.42. The quantitative estimate of drug-likeness (QED) is 0.271. The Labute approximate surface area is 194 Å². The molecule has 8 heteroatoms. The van der Waals surface area contributed by atoms with Gasteiger partial charge in [0.25, 0.3) is 5.91 Å². The maximum atomic E-state index is 12.5. The van der Waals surface area contributed by atoms with Crippen LogP contribution in [0.3, 0.4) is 0 Å². The normalized spacial score (nSPS) is 11.2. The number of ether oxygens (including phenoxy) is 1. The van der Waals surface area contributed by atoms with Gasteiger partial charge in [-0.05, 0) is 48.0 Å². The number of hydrogen-bond donors (Lipinski definition) is 2. The lowest BCUT2D eigenvalue weighted by molar-refractivity contribution is -0.112. The molecule has 6 nitrogen and oxygen atoms in total. The van der Waals surface area contributed by atoms with Gasteiger partial charge in [0, 0.05) is 0 Å². The van der Waals surface area contributed by atoms with Gasteiger partial charge in [-0.2, -0.15) is 5.26 Å². The average molecular weight is 463 g/mol. The van der Waals surface area contributed by atoms with Crippen molar-refractivity contribution in [3.8, 4) is 11.8 Å². The van der Waals surface area contributed by atoms with Gasteiger partial charge in [0.05, 0.1) is 26.8 Å². The van der Waals surface area contributed by atoms with E-state index in [0.29, 0.717) is 22.0 Å². The smallest absolute Gasteiger partial charge is 0.266 e. The first-order valence-corrected chi connectivity index (χ1v) is 10.3. The first-order chi connectivity index (χ1) is 15.5. The fourth-order valence-electron chi connectivity index (χ4n) is 2.99. The van der Waals surface area contributed by atoms with Gasteiger partial charge >= 0.3 is 0 Å². The van der Waals surface area contributed by atoms with E-state index in [1.165, 1.54) is 6.08 Å². The number of nitriles is 1. The largest absolute Gasteiger partial charge is 0.486 e. The molecule has 0 fully saturated rings. The number of halogens is 2. The van der Waals surface area contributed by atoms with Crippen LogP contribution in [0, 0.1) is 11.3 Å². The van der Waals surface area contributed by atoms with Crippen LogP contribution < -0.4 is 10.1 Å². The maximum Gasteiger partial charge on any atom is 0.266 e. The van der Waals surface area contributed by atoms with Crippen LogP contribution in [0.1, 0.15) is 11.4 Å². The summed E-state index contributed by atoms with van der Waals surface area (Å²) in [6, 6.07) is 21.6. The summed E-state index contributed by atoms with van der Waals surface area (Å²) in [5.74, 6) is 0.774. The van der Waals surface area contributed by atoms with Crippen LogP contribution in [-0.4, -0.2) is 15.9 Å². The van der Waals surface area contributed by atoms with Gasteiger partial charge in [-0.25, -0.2) is 4.98 Å². The zero-order valence-electron chi connectivity index (χ0n) is 16.6. The Morgan fingerprint density at radius 3 is 2.62 bits per heavy atom. The van der Waals surface area contributed by atoms with Crippen LogP contribution in [0.25, 0.3) is 17.1 Å². The van der Waals surface area contributed by atoms with Gasteiger partial charge in [0.15, 0.2) is 0 Å². The third-order valence-electron chi connectivity index (χ3n) is 4.57. The Kier molecular flexibility index (Phi) is 6.41. The van der Waals surface area contributed by atoms with Crippen molar-refractivity contribution in [1.29, 1.82) is 5.26 Å². The summed E-state index contributed by atoms with van der Waals surface area (Å²) in [5.41, 5.74) is 2.77. The molecule has 0 aliphatic heterocycles. The van der Waals surface area contributed by atoms with E-state index in [1.807, 2.05) is 30.3 Å². The minimum Gasteiger partial charge on any atom is -0.486 e. The Morgan fingerprint density at radius 1 is 1.09 bits per heavy atom. The molecule has 0 bridgehead atoms. The van der Waals surface area contributed by atoms with E-state index in [1.54, 1.807) is 42.5 Å². The van der Waals surface area contributed by atoms with E-state index < -0.39 is 5.91 Å². The number of anilines is 1. The van der Waals surface area contributed by atoms with Gasteiger partial charge in [-0.15, -0.1) is 0 Å². The lowest BCUT2D eigenvalue weighted by atomic mass is 10.1. The molecular weight excluding hydrogens is 447 g/mol. The number of carbonyl (C=O) groups is 1. The molecule has 3 aromatic carbocycles. The lowest BCUT2D eigenvalue weighted by Crippen LogP contribution is -2.13. The second-order valence-corrected chi connectivity index (χ2v) is 7.57. The van der Waals surface area contributed by atoms with Gasteiger partial charge in [-0.3, -0.25) is 4.79 Å². The SMILES string of the molecule is N#C/C(=C\c1ccc(OCc2nc3ccccc3[nH]2)cc1)C(=O)Nc1cccc(Cl)c1Cl. The Morgan fingerprint density at radius 2 is 1.88 bits per heavy atom. The van der Waals surface area contributed by atoms with Crippen LogP contribution in [0.2, 0.25) is 10.0 Å². The minimum absolute atomic E-state index is 0.0722. The van der Waals surface area contributed by atoms with E-state index in [4.69, 9.17) is 27.9 Å². The summed E-state index contributed by atoms with van der Waals surface area (Å²) in [6.45, 7) is 0.288. The predicted molar refractivity (Wildman–Crippen MR) is 126 cm³/mol. The van der Waals surface area contributed by atoms with E-state index in [2.05, 4.69) is 15.3 Å². The highest BCUT2D eigenvalue weighted by atomic mass is 35.5. The molecule has 0 aliphatic carbocycles. The molecule has 1 aromatic heterocycles. The van der Waals surface area contributed by atoms with Gasteiger partial charge in [0.2, 0.25) is 0 Å². The molecule has 1 heterocycles. The second kappa shape index (κ2) is 9.56. The first-order valence-electron chi connectivity index (χ1n) is 9.57. The highest BCUT2D eigenvalue weighted by molar-refractivity contribution is 6.44. The number of aromatic amines is 1. The van der Waals surface area contributed by atoms with Crippen LogP contribution in [-0.2, 0) is 11.4 Å². The van der Waals surface area contributed by atoms with Crippen LogP contribution in [0.5, 0.6) is 5.75 Å². The molecular formula is C24H16Cl2N4O2. The monoisotopic (exact) mass is 462 g/mol. The molecule has 0 radical (unpaired) electrons. The van der Waals surface area contributed by atoms with Crippen molar-refractivity contribution in [2.24, 2.45) is 0 Å². The number of aromatic nitrogens is 2. The van der Waals surface area contributed by atoms with Crippen molar-refractivity contribution in [2.45, 2.75) is 6.61 Å². The van der Waals surface area contributed by atoms with Crippen LogP contribution in [0.15, 0.2) is 72.3 Å². The summed E-state index contributed by atoms with van der Waals surface area (Å²) in [7, 11) is 0. The highest BCUT2D eigenvalue weighted by Crippen LogP contribution is 2.30. The van der Waals surface area contributed by atoms with Crippen molar-refractivity contribution < 1.29 is 9.53 Å². The van der Waals surface area contributed by atoms with Gasteiger partial charge in [-0.1, -0.05) is 53.5 Å². The molecule has 4 aromatic rings. The minimum atomic E-state index is -0.582. The summed E-state index contributed by atoms with van der Waals surface area (Å²) in [4.78, 5) is 20.2. The standard InChI is InChI=1S/C24H16Cl2N4O2/c25-18-4-3-7-21(23(18)26)30-24(31)16(13-27)12-15-8-10-17(11-9-15)32-14-22-28-19-5-1-2-6-20(19)29-22/h1-12H,14H2,(H,28,29)(H,30,31)/b16-12+. The summed E-state index contributed by atoms with van der Waals surface area (Å²) < 4.78 is 5.77. The molecule has 0 saturated carbocycles. The molecule has 0 unspecified atom stereocenters. The molecule has 0 saturated heterocycles. The van der Waals surface area contributed by atoms with Crippen LogP contribution >= 0.6 is 23.2 Å². The Bertz CT molecular complexity index is 1320. The van der Waals surface area contributed by atoms with Gasteiger partial charge in [0.1, 0.15) is 29.8 Å². The molecule has 32 heavy (non-hydrogen) atoms. The maximum absolute atomic E-state index is 12.5. The number of carbonyl (C=O) groups excluding carboxylic acids is 1. The molecule has 158 valence electrons. The predicted octanol–water partition coefficient (Wildman–Crippen LogP) is 5.99. The number of imidazole rings is 1. The number of amides is 1. The Hall–Kier alpha value is -3.79. The van der Waals surface area contributed by atoms with E-state index >= 15 is 0 Å². The average Bonchev–Trinajstić information content (AvgIpc) is 3.23. The third kappa shape index (κ3) is 4.92. The zero-order chi connectivity index (χ0) is 22.5. The number of para-hydroxylation sites is 2. The number of fused-ring (bicyclic) bond motifs is 1. The molecule has 2 N–H and O–H groups in total. The highest BCUT2D eigenvalue weighted by Gasteiger charge is 2.13. The topological polar surface area (TPSA) is 90.8 Å². The van der Waals surface area contributed by atoms with Crippen molar-refractivity contribution >= 4 is 51.9 Å². The van der Waals surface area contributed by atoms with E-state index in [9.17, 15) is 10.1 Å². The lowest BCUT2D eigenvalue weighted by Gasteiger charge is -2.08. The molecule has 4 rings (SSSR count). The van der Waals surface area contributed by atoms with Crippen molar-refractivity contribution in [1.82, 2.24) is 9.97 Å². The summed E-state index contributed by atoms with van der Waals surface area (Å²) in [5, 5.41) is 12.5. The number of nitrogens with one attached hydrogen (secondary N) is 2. The van der Waals surface area contributed by atoms with Crippen LogP contribution in [0.4, 0.5) is 5.69 Å². The third-order valence-corrected chi connectivity index (χ3v) is 5.39. The number of rotatable bonds is 6. The zero-order valence-corrected chi connectivity index (χ0v) is 18.1. The number of hydrogen-bond acceptors (Lipinski definition) is 4. The number of benzene rings is 3. The summed E-state index contributed by atoms with van der Waals surface area (Å²) >= 11 is 12.1. The van der Waals surface area contributed by atoms with Crippen molar-refractivity contribution in [3.05, 3.63) is 93.7 Å². The number of H-pyrrole nitrogens is 1. The first kappa shape index (κ1) is 21.4. The molecule has 0 aliphatic rings. The second-order valence-electron chi connectivity index (χ2n) is 6.78. The van der Waals surface area contributed by atoms with Crippen molar-refractivity contribution in [2.75, 3.05) is 5.32 Å². The fourth-order valence-corrected chi connectivity index (χ4v) is 3.34. The van der Waals surface area contributed by atoms with Crippen molar-refractivity contribution in [3.63, 3.8) is 0 Å². The van der Waals surface area contributed by atoms with E-state index in [0.717, 1.165) is 16.9 Å². The van der Waals surface area contributed by atoms with Gasteiger partial charge < -0.3 is 15.0 Å². The summed E-state index contributed by atoms with van der Waals surface area (Å²) in [6.07, 6.45) is 1.48.